The smallest absolute Gasteiger partial charge is 0.287 e. The van der Waals surface area contributed by atoms with Crippen molar-refractivity contribution in [3.8, 4) is 16.8 Å². The van der Waals surface area contributed by atoms with Crippen molar-refractivity contribution in [3.05, 3.63) is 64.1 Å². The number of hydroxylamine groups is 2. The van der Waals surface area contributed by atoms with Crippen molar-refractivity contribution < 1.29 is 14.0 Å². The predicted molar refractivity (Wildman–Crippen MR) is 95.8 cm³/mol. The molecule has 0 saturated carbocycles. The molecule has 0 atom stereocenters. The molecule has 0 saturated heterocycles. The number of carbonyl (C=O) groups is 1. The number of aromatic nitrogens is 4. The lowest BCUT2D eigenvalue weighted by Gasteiger charge is -2.15. The highest BCUT2D eigenvalue weighted by Gasteiger charge is 2.21. The van der Waals surface area contributed by atoms with Gasteiger partial charge in [-0.05, 0) is 13.0 Å². The SMILES string of the molecule is CON(C)C(=O)c1nn(-c2cccc(-c3cnn(C)c3)c2F)cc(C)c1=O. The van der Waals surface area contributed by atoms with E-state index < -0.39 is 17.2 Å². The number of nitrogens with zero attached hydrogens (tertiary/aromatic N) is 5. The highest BCUT2D eigenvalue weighted by molar-refractivity contribution is 5.91. The lowest BCUT2D eigenvalue weighted by molar-refractivity contribution is -0.0762. The van der Waals surface area contributed by atoms with Gasteiger partial charge in [0.1, 0.15) is 5.69 Å². The van der Waals surface area contributed by atoms with Crippen LogP contribution in [0.3, 0.4) is 0 Å². The molecule has 0 N–H and O–H groups in total. The lowest BCUT2D eigenvalue weighted by atomic mass is 10.1. The third-order valence-corrected chi connectivity index (χ3v) is 4.10. The molecule has 0 spiro atoms. The first-order chi connectivity index (χ1) is 12.8. The molecule has 27 heavy (non-hydrogen) atoms. The average molecular weight is 371 g/mol. The van der Waals surface area contributed by atoms with Crippen LogP contribution in [0.15, 0.2) is 41.6 Å². The Kier molecular flexibility index (Phi) is 4.87. The van der Waals surface area contributed by atoms with Crippen LogP contribution in [0.4, 0.5) is 4.39 Å². The minimum absolute atomic E-state index is 0.105. The number of rotatable bonds is 4. The Morgan fingerprint density at radius 3 is 2.67 bits per heavy atom. The summed E-state index contributed by atoms with van der Waals surface area (Å²) in [7, 11) is 4.39. The fraction of sp³-hybridized carbons (Fsp3) is 0.222. The first kappa shape index (κ1) is 18.5. The Bertz CT molecular complexity index is 1070. The van der Waals surface area contributed by atoms with Crippen LogP contribution in [0.25, 0.3) is 16.8 Å². The summed E-state index contributed by atoms with van der Waals surface area (Å²) < 4.78 is 17.9. The second-order valence-electron chi connectivity index (χ2n) is 5.96. The summed E-state index contributed by atoms with van der Waals surface area (Å²) in [6.45, 7) is 1.53. The quantitative estimate of drug-likeness (QED) is 0.652. The fourth-order valence-electron chi connectivity index (χ4n) is 2.59. The van der Waals surface area contributed by atoms with Crippen molar-refractivity contribution in [1.82, 2.24) is 24.6 Å². The van der Waals surface area contributed by atoms with E-state index in [1.54, 1.807) is 36.3 Å². The summed E-state index contributed by atoms with van der Waals surface area (Å²) in [5, 5.41) is 8.98. The number of halogens is 1. The van der Waals surface area contributed by atoms with E-state index in [9.17, 15) is 9.59 Å². The van der Waals surface area contributed by atoms with Crippen LogP contribution in [0.5, 0.6) is 0 Å². The maximum Gasteiger partial charge on any atom is 0.301 e. The molecule has 1 amide bonds. The lowest BCUT2D eigenvalue weighted by Crippen LogP contribution is -2.33. The first-order valence-corrected chi connectivity index (χ1v) is 8.04. The van der Waals surface area contributed by atoms with Crippen molar-refractivity contribution in [1.29, 1.82) is 0 Å². The monoisotopic (exact) mass is 371 g/mol. The summed E-state index contributed by atoms with van der Waals surface area (Å²) in [5.41, 5.74) is 0.401. The Morgan fingerprint density at radius 1 is 1.30 bits per heavy atom. The van der Waals surface area contributed by atoms with Gasteiger partial charge in [-0.1, -0.05) is 12.1 Å². The Morgan fingerprint density at radius 2 is 2.04 bits per heavy atom. The molecule has 3 aromatic rings. The van der Waals surface area contributed by atoms with E-state index >= 15 is 4.39 Å². The molecule has 1 aromatic carbocycles. The van der Waals surface area contributed by atoms with E-state index in [0.29, 0.717) is 11.1 Å². The molecule has 0 bridgehead atoms. The number of benzene rings is 1. The molecule has 0 radical (unpaired) electrons. The van der Waals surface area contributed by atoms with E-state index in [-0.39, 0.29) is 16.9 Å². The zero-order chi connectivity index (χ0) is 19.7. The molecule has 140 valence electrons. The largest absolute Gasteiger partial charge is 0.301 e. The summed E-state index contributed by atoms with van der Waals surface area (Å²) in [4.78, 5) is 29.5. The standard InChI is InChI=1S/C18H18FN5O3/c1-11-9-24(21-16(17(11)25)18(26)23(3)27-4)14-7-5-6-13(15(14)19)12-8-20-22(2)10-12/h5-10H,1-4H3. The molecule has 9 heteroatoms. The Balaban J connectivity index is 2.16. The van der Waals surface area contributed by atoms with E-state index in [2.05, 4.69) is 10.2 Å². The van der Waals surface area contributed by atoms with Gasteiger partial charge in [0.25, 0.3) is 0 Å². The summed E-state index contributed by atoms with van der Waals surface area (Å²) >= 11 is 0. The van der Waals surface area contributed by atoms with Crippen molar-refractivity contribution in [3.63, 3.8) is 0 Å². The highest BCUT2D eigenvalue weighted by Crippen LogP contribution is 2.26. The highest BCUT2D eigenvalue weighted by atomic mass is 19.1. The molecular formula is C18H18FN5O3. The van der Waals surface area contributed by atoms with Crippen LogP contribution >= 0.6 is 0 Å². The van der Waals surface area contributed by atoms with E-state index in [1.807, 2.05) is 0 Å². The zero-order valence-electron chi connectivity index (χ0n) is 15.3. The fourth-order valence-corrected chi connectivity index (χ4v) is 2.59. The number of hydrogen-bond donors (Lipinski definition) is 0. The van der Waals surface area contributed by atoms with Crippen LogP contribution in [-0.2, 0) is 11.9 Å². The maximum atomic E-state index is 15.1. The average Bonchev–Trinajstić information content (AvgIpc) is 3.09. The maximum absolute atomic E-state index is 15.1. The summed E-state index contributed by atoms with van der Waals surface area (Å²) in [6.07, 6.45) is 4.63. The van der Waals surface area contributed by atoms with Crippen LogP contribution in [-0.4, -0.2) is 44.7 Å². The van der Waals surface area contributed by atoms with Gasteiger partial charge in [-0.2, -0.15) is 10.2 Å². The van der Waals surface area contributed by atoms with Gasteiger partial charge in [-0.3, -0.25) is 19.1 Å². The van der Waals surface area contributed by atoms with Gasteiger partial charge >= 0.3 is 5.91 Å². The predicted octanol–water partition coefficient (Wildman–Crippen LogP) is 1.71. The second-order valence-corrected chi connectivity index (χ2v) is 5.96. The van der Waals surface area contributed by atoms with Gasteiger partial charge in [-0.15, -0.1) is 0 Å². The van der Waals surface area contributed by atoms with Gasteiger partial charge in [0.15, 0.2) is 11.5 Å². The van der Waals surface area contributed by atoms with Gasteiger partial charge in [0, 0.05) is 43.2 Å². The van der Waals surface area contributed by atoms with Crippen molar-refractivity contribution >= 4 is 5.91 Å². The minimum atomic E-state index is -0.719. The molecule has 0 aliphatic carbocycles. The Hall–Kier alpha value is -3.33. The number of hydrogen-bond acceptors (Lipinski definition) is 5. The van der Waals surface area contributed by atoms with Crippen molar-refractivity contribution in [2.24, 2.45) is 7.05 Å². The van der Waals surface area contributed by atoms with Crippen LogP contribution in [0.2, 0.25) is 0 Å². The van der Waals surface area contributed by atoms with Gasteiger partial charge in [-0.25, -0.2) is 14.1 Å². The molecule has 0 aliphatic rings. The summed E-state index contributed by atoms with van der Waals surface area (Å²) in [5.74, 6) is -1.26. The van der Waals surface area contributed by atoms with Crippen LogP contribution in [0, 0.1) is 12.7 Å². The Labute approximate surface area is 154 Å². The van der Waals surface area contributed by atoms with E-state index in [0.717, 1.165) is 5.06 Å². The molecule has 8 nitrogen and oxygen atoms in total. The number of aryl methyl sites for hydroxylation is 2. The normalized spacial score (nSPS) is 10.9. The summed E-state index contributed by atoms with van der Waals surface area (Å²) in [6, 6.07) is 4.80. The molecule has 0 unspecified atom stereocenters. The molecule has 2 heterocycles. The molecule has 3 rings (SSSR count). The van der Waals surface area contributed by atoms with Crippen LogP contribution in [0.1, 0.15) is 16.1 Å². The van der Waals surface area contributed by atoms with Gasteiger partial charge in [0.05, 0.1) is 13.3 Å². The third kappa shape index (κ3) is 3.36. The number of amides is 1. The van der Waals surface area contributed by atoms with Crippen LogP contribution < -0.4 is 5.43 Å². The van der Waals surface area contributed by atoms with Gasteiger partial charge < -0.3 is 0 Å². The number of carbonyl (C=O) groups excluding carboxylic acids is 1. The van der Waals surface area contributed by atoms with Crippen molar-refractivity contribution in [2.45, 2.75) is 6.92 Å². The van der Waals surface area contributed by atoms with E-state index in [1.165, 1.54) is 38.0 Å². The van der Waals surface area contributed by atoms with Crippen molar-refractivity contribution in [2.75, 3.05) is 14.2 Å². The topological polar surface area (TPSA) is 82.2 Å². The van der Waals surface area contributed by atoms with Gasteiger partial charge in [0.2, 0.25) is 5.43 Å². The molecular weight excluding hydrogens is 353 g/mol. The van der Waals surface area contributed by atoms with E-state index in [4.69, 9.17) is 4.84 Å². The first-order valence-electron chi connectivity index (χ1n) is 8.04. The second kappa shape index (κ2) is 7.12. The molecule has 2 aromatic heterocycles. The molecule has 0 aliphatic heterocycles. The third-order valence-electron chi connectivity index (χ3n) is 4.10. The zero-order valence-corrected chi connectivity index (χ0v) is 15.3. The molecule has 0 fully saturated rings. The minimum Gasteiger partial charge on any atom is -0.287 e.